The van der Waals surface area contributed by atoms with Crippen LogP contribution < -0.4 is 10.6 Å². The van der Waals surface area contributed by atoms with Crippen LogP contribution >= 0.6 is 11.6 Å². The molecule has 0 radical (unpaired) electrons. The van der Waals surface area contributed by atoms with Crippen LogP contribution in [0, 0.1) is 19.8 Å². The lowest BCUT2D eigenvalue weighted by atomic mass is 10.1. The van der Waals surface area contributed by atoms with Crippen molar-refractivity contribution in [1.82, 2.24) is 9.97 Å². The Morgan fingerprint density at radius 2 is 2.00 bits per heavy atom. The molecule has 0 unspecified atom stereocenters. The zero-order valence-electron chi connectivity index (χ0n) is 14.5. The van der Waals surface area contributed by atoms with Crippen LogP contribution in [0.4, 0.5) is 11.6 Å². The number of hydrogen-bond acceptors (Lipinski definition) is 4. The number of hydrogen-bond donors (Lipinski definition) is 2. The van der Waals surface area contributed by atoms with E-state index in [1.165, 1.54) is 0 Å². The van der Waals surface area contributed by atoms with Crippen molar-refractivity contribution < 1.29 is 4.79 Å². The topological polar surface area (TPSA) is 66.9 Å². The van der Waals surface area contributed by atoms with Crippen LogP contribution in [0.25, 0.3) is 0 Å². The second-order valence-corrected chi connectivity index (χ2v) is 6.60. The van der Waals surface area contributed by atoms with Crippen LogP contribution in [-0.2, 0) is 0 Å². The molecule has 0 saturated carbocycles. The molecule has 128 valence electrons. The van der Waals surface area contributed by atoms with Crippen molar-refractivity contribution in [3.8, 4) is 0 Å². The van der Waals surface area contributed by atoms with Gasteiger partial charge in [-0.1, -0.05) is 31.5 Å². The molecule has 0 fully saturated rings. The third-order valence-corrected chi connectivity index (χ3v) is 4.02. The van der Waals surface area contributed by atoms with E-state index in [9.17, 15) is 4.79 Å². The summed E-state index contributed by atoms with van der Waals surface area (Å²) in [4.78, 5) is 21.1. The van der Waals surface area contributed by atoms with Gasteiger partial charge in [-0.25, -0.2) is 9.97 Å². The number of nitrogens with one attached hydrogen (secondary N) is 2. The molecule has 0 atom stereocenters. The van der Waals surface area contributed by atoms with Crippen LogP contribution in [-0.4, -0.2) is 22.4 Å². The summed E-state index contributed by atoms with van der Waals surface area (Å²) in [6.45, 7) is 8.80. The van der Waals surface area contributed by atoms with E-state index in [0.29, 0.717) is 28.3 Å². The van der Waals surface area contributed by atoms with Gasteiger partial charge in [0.05, 0.1) is 0 Å². The Hall–Kier alpha value is -2.14. The molecule has 0 aliphatic carbocycles. The summed E-state index contributed by atoms with van der Waals surface area (Å²) >= 11 is 6.09. The van der Waals surface area contributed by atoms with Gasteiger partial charge < -0.3 is 10.6 Å². The Kier molecular flexibility index (Phi) is 6.15. The molecule has 1 heterocycles. The van der Waals surface area contributed by atoms with E-state index < -0.39 is 0 Å². The molecule has 0 aliphatic heterocycles. The van der Waals surface area contributed by atoms with E-state index in [-0.39, 0.29) is 5.91 Å². The molecule has 2 rings (SSSR count). The van der Waals surface area contributed by atoms with Crippen LogP contribution in [0.1, 0.15) is 42.0 Å². The number of benzene rings is 1. The Morgan fingerprint density at radius 3 is 2.71 bits per heavy atom. The quantitative estimate of drug-likeness (QED) is 0.810. The summed E-state index contributed by atoms with van der Waals surface area (Å²) in [7, 11) is 0. The second kappa shape index (κ2) is 8.11. The minimum Gasteiger partial charge on any atom is -0.354 e. The molecule has 5 nitrogen and oxygen atoms in total. The highest BCUT2D eigenvalue weighted by atomic mass is 35.5. The highest BCUT2D eigenvalue weighted by Crippen LogP contribution is 2.23. The van der Waals surface area contributed by atoms with E-state index in [4.69, 9.17) is 11.6 Å². The zero-order valence-corrected chi connectivity index (χ0v) is 15.2. The number of amides is 1. The SMILES string of the molecule is Cc1cc(C(=O)Nc2cccc(Cl)c2C)nc(NCCC(C)C)n1. The molecule has 6 heteroatoms. The number of halogens is 1. The standard InChI is InChI=1S/C18H23ClN4O/c1-11(2)8-9-20-18-21-12(3)10-16(23-18)17(24)22-15-7-5-6-14(19)13(15)4/h5-7,10-11H,8-9H2,1-4H3,(H,22,24)(H,20,21,23). The van der Waals surface area contributed by atoms with Gasteiger partial charge in [0, 0.05) is 22.9 Å². The molecule has 0 aliphatic rings. The first-order valence-electron chi connectivity index (χ1n) is 8.03. The molecule has 0 saturated heterocycles. The van der Waals surface area contributed by atoms with Gasteiger partial charge in [-0.2, -0.15) is 0 Å². The van der Waals surface area contributed by atoms with Crippen molar-refractivity contribution in [2.24, 2.45) is 5.92 Å². The maximum atomic E-state index is 12.5. The summed E-state index contributed by atoms with van der Waals surface area (Å²) in [5, 5.41) is 6.64. The lowest BCUT2D eigenvalue weighted by Gasteiger charge is -2.11. The Bertz CT molecular complexity index is 731. The van der Waals surface area contributed by atoms with Crippen molar-refractivity contribution in [2.45, 2.75) is 34.1 Å². The minimum atomic E-state index is -0.280. The number of carbonyl (C=O) groups excluding carboxylic acids is 1. The number of aryl methyl sites for hydroxylation is 1. The van der Waals surface area contributed by atoms with E-state index in [1.807, 2.05) is 19.9 Å². The molecule has 1 aromatic heterocycles. The Labute approximate surface area is 147 Å². The summed E-state index contributed by atoms with van der Waals surface area (Å²) in [5.74, 6) is 0.789. The maximum absolute atomic E-state index is 12.5. The molecule has 0 spiro atoms. The average Bonchev–Trinajstić information content (AvgIpc) is 2.51. The van der Waals surface area contributed by atoms with Crippen LogP contribution in [0.15, 0.2) is 24.3 Å². The highest BCUT2D eigenvalue weighted by Gasteiger charge is 2.13. The van der Waals surface area contributed by atoms with Crippen LogP contribution in [0.2, 0.25) is 5.02 Å². The molecule has 1 aromatic carbocycles. The Morgan fingerprint density at radius 1 is 1.25 bits per heavy atom. The fraction of sp³-hybridized carbons (Fsp3) is 0.389. The zero-order chi connectivity index (χ0) is 17.7. The van der Waals surface area contributed by atoms with Crippen LogP contribution in [0.3, 0.4) is 0 Å². The van der Waals surface area contributed by atoms with Gasteiger partial charge in [-0.05, 0) is 49.9 Å². The van der Waals surface area contributed by atoms with E-state index >= 15 is 0 Å². The second-order valence-electron chi connectivity index (χ2n) is 6.19. The van der Waals surface area contributed by atoms with Crippen molar-refractivity contribution in [3.05, 3.63) is 46.2 Å². The number of carbonyl (C=O) groups is 1. The minimum absolute atomic E-state index is 0.280. The fourth-order valence-electron chi connectivity index (χ4n) is 2.17. The third-order valence-electron chi connectivity index (χ3n) is 3.61. The molecule has 2 aromatic rings. The lowest BCUT2D eigenvalue weighted by molar-refractivity contribution is 0.102. The molecule has 24 heavy (non-hydrogen) atoms. The summed E-state index contributed by atoms with van der Waals surface area (Å²) in [6, 6.07) is 7.07. The van der Waals surface area contributed by atoms with Gasteiger partial charge in [-0.3, -0.25) is 4.79 Å². The largest absolute Gasteiger partial charge is 0.354 e. The van der Waals surface area contributed by atoms with Crippen molar-refractivity contribution in [3.63, 3.8) is 0 Å². The van der Waals surface area contributed by atoms with Crippen LogP contribution in [0.5, 0.6) is 0 Å². The molecule has 1 amide bonds. The predicted molar refractivity (Wildman–Crippen MR) is 98.9 cm³/mol. The first-order valence-corrected chi connectivity index (χ1v) is 8.40. The van der Waals surface area contributed by atoms with Gasteiger partial charge in [0.2, 0.25) is 5.95 Å². The predicted octanol–water partition coefficient (Wildman–Crippen LogP) is 4.46. The maximum Gasteiger partial charge on any atom is 0.274 e. The number of nitrogens with zero attached hydrogens (tertiary/aromatic N) is 2. The van der Waals surface area contributed by atoms with Crippen molar-refractivity contribution in [2.75, 3.05) is 17.2 Å². The van der Waals surface area contributed by atoms with Crippen molar-refractivity contribution >= 4 is 29.1 Å². The first-order chi connectivity index (χ1) is 11.4. The molecule has 0 bridgehead atoms. The van der Waals surface area contributed by atoms with Gasteiger partial charge in [0.25, 0.3) is 5.91 Å². The number of rotatable bonds is 6. The van der Waals surface area contributed by atoms with E-state index in [2.05, 4.69) is 34.4 Å². The summed E-state index contributed by atoms with van der Waals surface area (Å²) < 4.78 is 0. The summed E-state index contributed by atoms with van der Waals surface area (Å²) in [5.41, 5.74) is 2.57. The van der Waals surface area contributed by atoms with Crippen molar-refractivity contribution in [1.29, 1.82) is 0 Å². The monoisotopic (exact) mass is 346 g/mol. The lowest BCUT2D eigenvalue weighted by Crippen LogP contribution is -2.17. The normalized spacial score (nSPS) is 10.8. The third kappa shape index (κ3) is 4.93. The number of anilines is 2. The molecular weight excluding hydrogens is 324 g/mol. The Balaban J connectivity index is 2.14. The van der Waals surface area contributed by atoms with Gasteiger partial charge >= 0.3 is 0 Å². The van der Waals surface area contributed by atoms with Gasteiger partial charge in [-0.15, -0.1) is 0 Å². The highest BCUT2D eigenvalue weighted by molar-refractivity contribution is 6.31. The van der Waals surface area contributed by atoms with Gasteiger partial charge in [0.1, 0.15) is 5.69 Å². The van der Waals surface area contributed by atoms with Gasteiger partial charge in [0.15, 0.2) is 0 Å². The fourth-order valence-corrected chi connectivity index (χ4v) is 2.34. The molecular formula is C18H23ClN4O. The molecule has 2 N–H and O–H groups in total. The summed E-state index contributed by atoms with van der Waals surface area (Å²) in [6.07, 6.45) is 1.01. The average molecular weight is 347 g/mol. The van der Waals surface area contributed by atoms with E-state index in [0.717, 1.165) is 24.2 Å². The number of aromatic nitrogens is 2. The first kappa shape index (κ1) is 18.2. The van der Waals surface area contributed by atoms with E-state index in [1.54, 1.807) is 18.2 Å². The smallest absolute Gasteiger partial charge is 0.274 e.